The summed E-state index contributed by atoms with van der Waals surface area (Å²) in [5.41, 5.74) is 8.42. The van der Waals surface area contributed by atoms with E-state index in [4.69, 9.17) is 23.5 Å². The van der Waals surface area contributed by atoms with E-state index >= 15 is 0 Å². The van der Waals surface area contributed by atoms with E-state index in [-0.39, 0.29) is 53.0 Å². The number of piperidine rings is 2. The van der Waals surface area contributed by atoms with Gasteiger partial charge in [0, 0.05) is 75.3 Å². The zero-order valence-electron chi connectivity index (χ0n) is 49.4. The second-order valence-corrected chi connectivity index (χ2v) is 29.2. The summed E-state index contributed by atoms with van der Waals surface area (Å²) in [7, 11) is -2.14. The minimum absolute atomic E-state index is 0. The smallest absolute Gasteiger partial charge is 0.870 e. The molecule has 2 unspecified atom stereocenters. The van der Waals surface area contributed by atoms with Crippen molar-refractivity contribution in [1.29, 1.82) is 0 Å². The van der Waals surface area contributed by atoms with Crippen LogP contribution in [0, 0.1) is 22.7 Å². The molecule has 4 aromatic carbocycles. The van der Waals surface area contributed by atoms with Gasteiger partial charge >= 0.3 is 29.6 Å². The van der Waals surface area contributed by atoms with Crippen molar-refractivity contribution in [2.45, 2.75) is 138 Å². The molecular formula is C62H97N2NaO9P2. The summed E-state index contributed by atoms with van der Waals surface area (Å²) < 4.78 is 53.5. The molecule has 2 saturated heterocycles. The van der Waals surface area contributed by atoms with E-state index in [1.54, 1.807) is 20.9 Å². The Morgan fingerprint density at radius 3 is 1.36 bits per heavy atom. The number of nitrogens with zero attached hydrogens (tertiary/aromatic N) is 2. The molecule has 420 valence electrons. The van der Waals surface area contributed by atoms with Gasteiger partial charge in [0.05, 0.1) is 34.0 Å². The van der Waals surface area contributed by atoms with Gasteiger partial charge in [-0.15, -0.1) is 0 Å². The minimum Gasteiger partial charge on any atom is -0.870 e. The SMILES string of the molecule is CCOP(C)(=O)C[C@@H](C)c1cccc(OCC2CCN(c3cc(OC)ccc3CCCC(C)(C)C)CC2)c1.COc1ccc(CCCC(C)(C)C)c(N2CCC(COc3cccc([C@H](C)CP(C)(=O)O)c3)CC2)c1.[Na+].[OH-]. The van der Waals surface area contributed by atoms with E-state index in [0.29, 0.717) is 42.0 Å². The molecule has 76 heavy (non-hydrogen) atoms. The van der Waals surface area contributed by atoms with Gasteiger partial charge in [-0.3, -0.25) is 9.13 Å². The molecule has 0 spiro atoms. The largest absolute Gasteiger partial charge is 1.00 e. The van der Waals surface area contributed by atoms with Crippen LogP contribution in [0.3, 0.4) is 0 Å². The van der Waals surface area contributed by atoms with Gasteiger partial charge in [-0.05, 0) is 164 Å². The van der Waals surface area contributed by atoms with Crippen molar-refractivity contribution < 1.29 is 72.5 Å². The van der Waals surface area contributed by atoms with Crippen LogP contribution in [-0.4, -0.2) is 96.2 Å². The van der Waals surface area contributed by atoms with Crippen LogP contribution < -0.4 is 58.3 Å². The van der Waals surface area contributed by atoms with Crippen molar-refractivity contribution in [1.82, 2.24) is 0 Å². The van der Waals surface area contributed by atoms with Crippen molar-refractivity contribution in [2.24, 2.45) is 22.7 Å². The number of benzene rings is 4. The molecule has 4 atom stereocenters. The molecule has 0 amide bonds. The zero-order chi connectivity index (χ0) is 54.1. The van der Waals surface area contributed by atoms with Gasteiger partial charge in [0.2, 0.25) is 7.37 Å². The van der Waals surface area contributed by atoms with E-state index in [1.807, 2.05) is 50.2 Å². The molecule has 2 aliphatic rings. The first kappa shape index (κ1) is 67.3. The van der Waals surface area contributed by atoms with Crippen molar-refractivity contribution in [3.05, 3.63) is 107 Å². The Kier molecular flexibility index (Phi) is 28.1. The first-order valence-corrected chi connectivity index (χ1v) is 32.3. The van der Waals surface area contributed by atoms with Crippen LogP contribution in [0.4, 0.5) is 11.4 Å². The van der Waals surface area contributed by atoms with Gasteiger partial charge in [-0.1, -0.05) is 91.8 Å². The Labute approximate surface area is 482 Å². The first-order chi connectivity index (χ1) is 34.9. The van der Waals surface area contributed by atoms with Crippen molar-refractivity contribution in [2.75, 3.05) is 95.7 Å². The van der Waals surface area contributed by atoms with Crippen LogP contribution in [0.1, 0.15) is 148 Å². The summed E-state index contributed by atoms with van der Waals surface area (Å²) >= 11 is 0. The third-order valence-electron chi connectivity index (χ3n) is 14.7. The Morgan fingerprint density at radius 2 is 1.00 bits per heavy atom. The fraction of sp³-hybridized carbons (Fsp3) is 0.613. The Bertz CT molecular complexity index is 2420. The third kappa shape index (κ3) is 23.8. The Hall–Kier alpha value is -2.98. The molecule has 2 fully saturated rings. The second kappa shape index (κ2) is 31.7. The summed E-state index contributed by atoms with van der Waals surface area (Å²) in [5.74, 6) is 4.83. The van der Waals surface area contributed by atoms with Crippen molar-refractivity contribution >= 4 is 26.1 Å². The average Bonchev–Trinajstić information content (AvgIpc) is 3.34. The number of anilines is 2. The molecule has 11 nitrogen and oxygen atoms in total. The molecule has 2 aliphatic heterocycles. The molecule has 0 aromatic heterocycles. The van der Waals surface area contributed by atoms with Gasteiger partial charge in [0.15, 0.2) is 7.37 Å². The number of ether oxygens (including phenoxy) is 4. The monoisotopic (exact) mass is 1100 g/mol. The number of aryl methyl sites for hydroxylation is 2. The first-order valence-electron chi connectivity index (χ1n) is 27.7. The van der Waals surface area contributed by atoms with Crippen molar-refractivity contribution in [3.63, 3.8) is 0 Å². The molecular weight excluding hydrogens is 1000 g/mol. The van der Waals surface area contributed by atoms with Crippen LogP contribution in [0.25, 0.3) is 0 Å². The van der Waals surface area contributed by atoms with Crippen molar-refractivity contribution in [3.8, 4) is 23.0 Å². The van der Waals surface area contributed by atoms with Gasteiger partial charge in [-0.25, -0.2) is 0 Å². The predicted octanol–water partition coefficient (Wildman–Crippen LogP) is 12.6. The second-order valence-electron chi connectivity index (χ2n) is 24.1. The summed E-state index contributed by atoms with van der Waals surface area (Å²) in [5, 5.41) is 0. The molecule has 0 saturated carbocycles. The van der Waals surface area contributed by atoms with Crippen LogP contribution >= 0.6 is 14.7 Å². The summed E-state index contributed by atoms with van der Waals surface area (Å²) in [6.45, 7) is 29.1. The predicted molar refractivity (Wildman–Crippen MR) is 314 cm³/mol. The number of methoxy groups -OCH3 is 2. The fourth-order valence-electron chi connectivity index (χ4n) is 10.4. The van der Waals surface area contributed by atoms with Crippen LogP contribution in [0.5, 0.6) is 23.0 Å². The van der Waals surface area contributed by atoms with Gasteiger partial charge in [0.1, 0.15) is 23.0 Å². The summed E-state index contributed by atoms with van der Waals surface area (Å²) in [6.07, 6.45) is 12.3. The number of hydrogen-bond acceptors (Lipinski definition) is 10. The number of hydrogen-bond donors (Lipinski definition) is 1. The van der Waals surface area contributed by atoms with E-state index in [1.165, 1.54) is 54.8 Å². The van der Waals surface area contributed by atoms with Crippen LogP contribution in [0.15, 0.2) is 84.9 Å². The number of rotatable bonds is 24. The zero-order valence-corrected chi connectivity index (χ0v) is 53.2. The molecule has 2 N–H and O–H groups in total. The topological polar surface area (TPSA) is 137 Å². The molecule has 0 radical (unpaired) electrons. The Morgan fingerprint density at radius 1 is 0.605 bits per heavy atom. The van der Waals surface area contributed by atoms with Crippen LogP contribution in [0.2, 0.25) is 0 Å². The van der Waals surface area contributed by atoms with Gasteiger partial charge in [-0.2, -0.15) is 0 Å². The van der Waals surface area contributed by atoms with E-state index in [2.05, 4.69) is 107 Å². The third-order valence-corrected chi connectivity index (χ3v) is 17.9. The van der Waals surface area contributed by atoms with E-state index in [0.717, 1.165) is 105 Å². The van der Waals surface area contributed by atoms with E-state index < -0.39 is 14.7 Å². The molecule has 0 aliphatic carbocycles. The summed E-state index contributed by atoms with van der Waals surface area (Å²) in [6, 6.07) is 29.4. The molecule has 2 heterocycles. The quantitative estimate of drug-likeness (QED) is 0.0530. The molecule has 6 rings (SSSR count). The average molecular weight is 1100 g/mol. The Balaban J connectivity index is 0.000000391. The van der Waals surface area contributed by atoms with Crippen LogP contribution in [-0.2, 0) is 26.5 Å². The minimum atomic E-state index is -3.05. The maximum Gasteiger partial charge on any atom is 1.00 e. The standard InChI is InChI=1S/C32H50NO4P.C30H46NO4P.Na.H2O/c1-8-37-38(7,34)24-25(2)28-11-9-13-30(21-28)36-23-26-16-19-33(20-17-26)31-22-29(35-6)15-14-27(31)12-10-18-32(3,4)5;1-23(22-36(6,32)33)26-9-7-11-28(19-26)35-21-24-14-17-31(18-15-24)29-20-27(34-5)13-12-25(29)10-8-16-30(2,3)4;;/h9,11,13-15,21-22,25-26H,8,10,12,16-20,23-24H2,1-7H3;7,9,11-13,19-20,23-24H,8,10,14-18,21-22H2,1-6H3,(H,32,33);;1H2/q;;+1;/p-1/t25-,38?;23-;;/m11../s1. The van der Waals surface area contributed by atoms with E-state index in [9.17, 15) is 14.0 Å². The normalized spacial score (nSPS) is 16.9. The molecule has 4 aromatic rings. The molecule has 0 bridgehead atoms. The maximum atomic E-state index is 12.6. The molecule has 14 heteroatoms. The van der Waals surface area contributed by atoms with Gasteiger partial charge < -0.3 is 43.6 Å². The van der Waals surface area contributed by atoms with Gasteiger partial charge in [0.25, 0.3) is 0 Å². The maximum absolute atomic E-state index is 12.6. The summed E-state index contributed by atoms with van der Waals surface area (Å²) in [4.78, 5) is 14.8. The fourth-order valence-corrected chi connectivity index (χ4v) is 13.5.